The highest BCUT2D eigenvalue weighted by Crippen LogP contribution is 2.24. The molecular weight excluding hydrogens is 1310 g/mol. The maximum Gasteiger partial charge on any atom is 0.305 e. The summed E-state index contributed by atoms with van der Waals surface area (Å²) in [5.41, 5.74) is 0. The second-order valence-electron chi connectivity index (χ2n) is 33.5. The molecule has 0 fully saturated rings. The van der Waals surface area contributed by atoms with E-state index in [1.54, 1.807) is 0 Å². The molecule has 0 aliphatic rings. The standard InChI is InChI=1S/C94H186N4O8/c1-10-18-26-34-37-48-65-87(62-44-29-21-13-4)83-103-91(99)69-51-40-56-76-97(77-57-41-52-70-92(100)104-84-88(63-45-30-22-14-5)66-49-38-35-27-19-11-2)80-60-74-96(9)75-61-81-98(78-58-42-53-71-93(101)105-85-89(64-46-31-23-15-6)67-50-39-36-28-20-12-3)79-59-43-54-72-94(102)106-86-90(68-47-32-24-16-7)82-95-73-55-33-25-17-8/h87-90,95H,10-86H2,1-9H3. The van der Waals surface area contributed by atoms with Crippen LogP contribution >= 0.6 is 0 Å². The van der Waals surface area contributed by atoms with E-state index in [4.69, 9.17) is 18.9 Å². The second-order valence-corrected chi connectivity index (χ2v) is 33.5. The van der Waals surface area contributed by atoms with Crippen molar-refractivity contribution >= 4 is 23.9 Å². The van der Waals surface area contributed by atoms with Crippen LogP contribution in [0.5, 0.6) is 0 Å². The molecule has 0 aliphatic carbocycles. The Balaban J connectivity index is 5.83. The maximum absolute atomic E-state index is 13.2. The molecule has 630 valence electrons. The van der Waals surface area contributed by atoms with Crippen LogP contribution in [0.1, 0.15) is 460 Å². The normalized spacial score (nSPS) is 12.9. The summed E-state index contributed by atoms with van der Waals surface area (Å²) < 4.78 is 24.0. The van der Waals surface area contributed by atoms with E-state index in [1.165, 1.54) is 283 Å². The summed E-state index contributed by atoms with van der Waals surface area (Å²) in [5, 5.41) is 3.68. The van der Waals surface area contributed by atoms with Gasteiger partial charge in [0, 0.05) is 38.1 Å². The van der Waals surface area contributed by atoms with Gasteiger partial charge in [0.2, 0.25) is 0 Å². The van der Waals surface area contributed by atoms with Crippen LogP contribution in [0.4, 0.5) is 0 Å². The smallest absolute Gasteiger partial charge is 0.305 e. The lowest BCUT2D eigenvalue weighted by Crippen LogP contribution is -2.32. The molecule has 0 bridgehead atoms. The number of unbranched alkanes of at least 4 members (excludes halogenated alkanes) is 38. The maximum atomic E-state index is 13.2. The van der Waals surface area contributed by atoms with Gasteiger partial charge in [-0.25, -0.2) is 0 Å². The number of carbonyl (C=O) groups excluding carboxylic acids is 4. The van der Waals surface area contributed by atoms with Gasteiger partial charge in [-0.3, -0.25) is 19.2 Å². The Hall–Kier alpha value is -2.28. The lowest BCUT2D eigenvalue weighted by Gasteiger charge is -2.26. The zero-order valence-corrected chi connectivity index (χ0v) is 72.9. The van der Waals surface area contributed by atoms with E-state index in [2.05, 4.69) is 82.5 Å². The number of hydrogen-bond acceptors (Lipinski definition) is 12. The van der Waals surface area contributed by atoms with Crippen molar-refractivity contribution in [3.63, 3.8) is 0 Å². The Morgan fingerprint density at radius 1 is 0.236 bits per heavy atom. The van der Waals surface area contributed by atoms with Crippen LogP contribution in [0.25, 0.3) is 0 Å². The Morgan fingerprint density at radius 3 is 0.717 bits per heavy atom. The zero-order valence-electron chi connectivity index (χ0n) is 72.9. The second kappa shape index (κ2) is 83.6. The van der Waals surface area contributed by atoms with Crippen molar-refractivity contribution in [2.75, 3.05) is 98.9 Å². The highest BCUT2D eigenvalue weighted by atomic mass is 16.5. The summed E-state index contributed by atoms with van der Waals surface area (Å²) >= 11 is 0. The third-order valence-electron chi connectivity index (χ3n) is 22.8. The molecule has 0 aliphatic heterocycles. The van der Waals surface area contributed by atoms with E-state index in [-0.39, 0.29) is 23.9 Å². The highest BCUT2D eigenvalue weighted by molar-refractivity contribution is 5.70. The molecule has 0 saturated heterocycles. The number of esters is 4. The monoisotopic (exact) mass is 1500 g/mol. The first-order chi connectivity index (χ1) is 52.0. The summed E-state index contributed by atoms with van der Waals surface area (Å²) in [6.45, 7) is 30.8. The molecule has 4 atom stereocenters. The van der Waals surface area contributed by atoms with Crippen molar-refractivity contribution < 1.29 is 38.1 Å². The van der Waals surface area contributed by atoms with Crippen LogP contribution in [0.3, 0.4) is 0 Å². The number of carbonyl (C=O) groups is 4. The molecule has 12 heteroatoms. The van der Waals surface area contributed by atoms with E-state index in [0.717, 1.165) is 162 Å². The van der Waals surface area contributed by atoms with Crippen molar-refractivity contribution in [1.82, 2.24) is 20.0 Å². The Morgan fingerprint density at radius 2 is 0.443 bits per heavy atom. The summed E-state index contributed by atoms with van der Waals surface area (Å²) in [4.78, 5) is 60.5. The zero-order chi connectivity index (χ0) is 77.3. The molecule has 0 amide bonds. The average molecular weight is 1500 g/mol. The minimum Gasteiger partial charge on any atom is -0.465 e. The summed E-state index contributed by atoms with van der Waals surface area (Å²) in [5.74, 6) is 1.78. The fourth-order valence-electron chi connectivity index (χ4n) is 15.4. The van der Waals surface area contributed by atoms with Gasteiger partial charge < -0.3 is 39.0 Å². The van der Waals surface area contributed by atoms with Crippen LogP contribution < -0.4 is 5.32 Å². The van der Waals surface area contributed by atoms with Crippen LogP contribution in [-0.2, 0) is 38.1 Å². The Bertz CT molecular complexity index is 1580. The molecular formula is C94H186N4O8. The molecule has 0 rings (SSSR count). The van der Waals surface area contributed by atoms with Gasteiger partial charge in [-0.05, 0) is 199 Å². The molecule has 0 aromatic carbocycles. The van der Waals surface area contributed by atoms with Crippen molar-refractivity contribution in [1.29, 1.82) is 0 Å². The predicted molar refractivity (Wildman–Crippen MR) is 457 cm³/mol. The van der Waals surface area contributed by atoms with Gasteiger partial charge in [-0.15, -0.1) is 0 Å². The van der Waals surface area contributed by atoms with E-state index in [1.807, 2.05) is 0 Å². The number of hydrogen-bond donors (Lipinski definition) is 1. The molecule has 0 aromatic heterocycles. The van der Waals surface area contributed by atoms with Crippen LogP contribution in [-0.4, -0.2) is 137 Å². The molecule has 0 saturated carbocycles. The van der Waals surface area contributed by atoms with E-state index in [0.29, 0.717) is 75.8 Å². The highest BCUT2D eigenvalue weighted by Gasteiger charge is 2.19. The summed E-state index contributed by atoms with van der Waals surface area (Å²) in [6, 6.07) is 0. The number of nitrogens with zero attached hydrogens (tertiary/aromatic N) is 3. The van der Waals surface area contributed by atoms with Crippen molar-refractivity contribution in [3.05, 3.63) is 0 Å². The van der Waals surface area contributed by atoms with Crippen LogP contribution in [0, 0.1) is 23.7 Å². The fraction of sp³-hybridized carbons (Fsp3) is 0.957. The van der Waals surface area contributed by atoms with Gasteiger partial charge in [0.15, 0.2) is 0 Å². The van der Waals surface area contributed by atoms with Gasteiger partial charge in [0.05, 0.1) is 26.4 Å². The molecule has 0 radical (unpaired) electrons. The quantitative estimate of drug-likeness (QED) is 0.0354. The Kier molecular flexibility index (Phi) is 81.9. The van der Waals surface area contributed by atoms with E-state index >= 15 is 0 Å². The molecule has 0 aromatic rings. The Labute approximate surface area is 661 Å². The van der Waals surface area contributed by atoms with Crippen molar-refractivity contribution in [3.8, 4) is 0 Å². The van der Waals surface area contributed by atoms with Crippen molar-refractivity contribution in [2.45, 2.75) is 460 Å². The lowest BCUT2D eigenvalue weighted by atomic mass is 9.95. The minimum atomic E-state index is -0.0397. The van der Waals surface area contributed by atoms with E-state index in [9.17, 15) is 19.2 Å². The fourth-order valence-corrected chi connectivity index (χ4v) is 15.4. The van der Waals surface area contributed by atoms with Gasteiger partial charge >= 0.3 is 23.9 Å². The molecule has 1 N–H and O–H groups in total. The first-order valence-corrected chi connectivity index (χ1v) is 47.4. The molecule has 106 heavy (non-hydrogen) atoms. The SMILES string of the molecule is CCCCCCCCC(CCCCCC)COC(=O)CCCCCN(CCCCCC(=O)OCC(CCCCCC)CCCCCCCC)CCCN(C)CCCN(CCCCCC(=O)OCC(CCCCCC)CCCCCCCC)CCCCCC(=O)OCC(CCCCCC)CNCCCCCC. The number of ether oxygens (including phenoxy) is 4. The van der Waals surface area contributed by atoms with Gasteiger partial charge in [0.1, 0.15) is 0 Å². The molecule has 4 unspecified atom stereocenters. The van der Waals surface area contributed by atoms with Gasteiger partial charge in [-0.2, -0.15) is 0 Å². The topological polar surface area (TPSA) is 127 Å². The summed E-state index contributed by atoms with van der Waals surface area (Å²) in [6.07, 6.45) is 73.0. The number of rotatable bonds is 88. The molecule has 0 spiro atoms. The van der Waals surface area contributed by atoms with Gasteiger partial charge in [-0.1, -0.05) is 319 Å². The average Bonchev–Trinajstić information content (AvgIpc) is 1.22. The molecule has 12 nitrogen and oxygen atoms in total. The minimum absolute atomic E-state index is 0.0134. The van der Waals surface area contributed by atoms with Crippen LogP contribution in [0.2, 0.25) is 0 Å². The van der Waals surface area contributed by atoms with Crippen LogP contribution in [0.15, 0.2) is 0 Å². The first-order valence-electron chi connectivity index (χ1n) is 47.4. The molecule has 0 heterocycles. The summed E-state index contributed by atoms with van der Waals surface area (Å²) in [7, 11) is 2.29. The van der Waals surface area contributed by atoms with Crippen molar-refractivity contribution in [2.24, 2.45) is 23.7 Å². The largest absolute Gasteiger partial charge is 0.465 e. The third kappa shape index (κ3) is 74.5. The lowest BCUT2D eigenvalue weighted by molar-refractivity contribution is -0.146. The third-order valence-corrected chi connectivity index (χ3v) is 22.8. The van der Waals surface area contributed by atoms with Gasteiger partial charge in [0.25, 0.3) is 0 Å². The first kappa shape index (κ1) is 104. The number of nitrogens with one attached hydrogen (secondary N) is 1. The predicted octanol–water partition coefficient (Wildman–Crippen LogP) is 26.5. The van der Waals surface area contributed by atoms with E-state index < -0.39 is 0 Å².